The maximum Gasteiger partial charge on any atom is 0.264 e. The maximum atomic E-state index is 12.8. The number of methoxy groups -OCH3 is 1. The Morgan fingerprint density at radius 2 is 2.19 bits per heavy atom. The molecule has 0 aliphatic carbocycles. The van der Waals surface area contributed by atoms with Gasteiger partial charge >= 0.3 is 0 Å². The lowest BCUT2D eigenvalue weighted by atomic mass is 10.1. The number of carbonyl (C=O) groups is 2. The van der Waals surface area contributed by atoms with E-state index in [1.54, 1.807) is 41.5 Å². The van der Waals surface area contributed by atoms with E-state index in [0.717, 1.165) is 19.5 Å². The van der Waals surface area contributed by atoms with Crippen molar-refractivity contribution in [2.75, 3.05) is 32.1 Å². The summed E-state index contributed by atoms with van der Waals surface area (Å²) >= 11 is 1.54. The Morgan fingerprint density at radius 3 is 2.92 bits per heavy atom. The van der Waals surface area contributed by atoms with Crippen molar-refractivity contribution in [3.05, 3.63) is 45.6 Å². The van der Waals surface area contributed by atoms with Crippen molar-refractivity contribution in [2.24, 2.45) is 0 Å². The highest BCUT2D eigenvalue weighted by atomic mass is 32.1. The molecule has 0 atom stereocenters. The first-order chi connectivity index (χ1) is 12.6. The van der Waals surface area contributed by atoms with Crippen LogP contribution in [0.2, 0.25) is 0 Å². The quantitative estimate of drug-likeness (QED) is 0.816. The Hall–Kier alpha value is -2.38. The van der Waals surface area contributed by atoms with Crippen LogP contribution in [0.5, 0.6) is 5.75 Å². The number of ether oxygens (including phenoxy) is 1. The lowest BCUT2D eigenvalue weighted by Gasteiger charge is -2.19. The fourth-order valence-corrected chi connectivity index (χ4v) is 4.07. The number of benzene rings is 1. The van der Waals surface area contributed by atoms with Gasteiger partial charge in [-0.15, -0.1) is 11.3 Å². The van der Waals surface area contributed by atoms with E-state index < -0.39 is 0 Å². The molecule has 26 heavy (non-hydrogen) atoms. The Morgan fingerprint density at radius 1 is 1.35 bits per heavy atom. The Bertz CT molecular complexity index is 780. The summed E-state index contributed by atoms with van der Waals surface area (Å²) in [6.07, 6.45) is 0.954. The van der Waals surface area contributed by atoms with Crippen LogP contribution in [0.15, 0.2) is 30.3 Å². The SMILES string of the molecule is CCN(CC(=O)Nc1cccc(OC)c1)C(=O)c1cc2c(s1)CCNC2. The molecule has 1 aliphatic rings. The van der Waals surface area contributed by atoms with Crippen molar-refractivity contribution < 1.29 is 14.3 Å². The molecule has 2 N–H and O–H groups in total. The smallest absolute Gasteiger partial charge is 0.264 e. The third-order valence-electron chi connectivity index (χ3n) is 4.31. The number of fused-ring (bicyclic) bond motifs is 1. The Balaban J connectivity index is 1.65. The summed E-state index contributed by atoms with van der Waals surface area (Å²) in [5.74, 6) is 0.355. The first kappa shape index (κ1) is 18.4. The average molecular weight is 373 g/mol. The second-order valence-electron chi connectivity index (χ2n) is 6.09. The topological polar surface area (TPSA) is 70.7 Å². The van der Waals surface area contributed by atoms with E-state index in [4.69, 9.17) is 4.74 Å². The number of carbonyl (C=O) groups excluding carboxylic acids is 2. The number of likely N-dealkylation sites (N-methyl/N-ethyl adjacent to an activating group) is 1. The summed E-state index contributed by atoms with van der Waals surface area (Å²) in [5.41, 5.74) is 1.84. The minimum atomic E-state index is -0.226. The van der Waals surface area contributed by atoms with Gasteiger partial charge in [-0.1, -0.05) is 6.07 Å². The number of hydrogen-bond acceptors (Lipinski definition) is 5. The van der Waals surface area contributed by atoms with Crippen molar-refractivity contribution in [3.63, 3.8) is 0 Å². The van der Waals surface area contributed by atoms with Crippen molar-refractivity contribution in [1.29, 1.82) is 0 Å². The van der Waals surface area contributed by atoms with Gasteiger partial charge in [-0.25, -0.2) is 0 Å². The van der Waals surface area contributed by atoms with Gasteiger partial charge in [0.05, 0.1) is 12.0 Å². The summed E-state index contributed by atoms with van der Waals surface area (Å²) in [4.78, 5) is 28.7. The van der Waals surface area contributed by atoms with Crippen LogP contribution >= 0.6 is 11.3 Å². The van der Waals surface area contributed by atoms with Gasteiger partial charge < -0.3 is 20.3 Å². The zero-order valence-electron chi connectivity index (χ0n) is 15.0. The van der Waals surface area contributed by atoms with Crippen molar-refractivity contribution in [1.82, 2.24) is 10.2 Å². The van der Waals surface area contributed by atoms with Gasteiger partial charge in [-0.05, 0) is 37.1 Å². The molecule has 0 radical (unpaired) electrons. The minimum Gasteiger partial charge on any atom is -0.497 e. The minimum absolute atomic E-state index is 0.0212. The molecule has 1 aromatic heterocycles. The van der Waals surface area contributed by atoms with Gasteiger partial charge in [0.25, 0.3) is 5.91 Å². The first-order valence-electron chi connectivity index (χ1n) is 8.66. The van der Waals surface area contributed by atoms with Crippen LogP contribution in [0.3, 0.4) is 0 Å². The summed E-state index contributed by atoms with van der Waals surface area (Å²) in [6, 6.07) is 9.11. The molecule has 7 heteroatoms. The molecule has 138 valence electrons. The molecular weight excluding hydrogens is 350 g/mol. The number of thiophene rings is 1. The second kappa shape index (κ2) is 8.33. The largest absolute Gasteiger partial charge is 0.497 e. The zero-order valence-corrected chi connectivity index (χ0v) is 15.8. The highest BCUT2D eigenvalue weighted by molar-refractivity contribution is 7.14. The van der Waals surface area contributed by atoms with E-state index in [9.17, 15) is 9.59 Å². The standard InChI is InChI=1S/C19H23N3O3S/c1-3-22(12-18(23)21-14-5-4-6-15(10-14)25-2)19(24)17-9-13-11-20-8-7-16(13)26-17/h4-6,9-10,20H,3,7-8,11-12H2,1-2H3,(H,21,23). The molecule has 6 nitrogen and oxygen atoms in total. The van der Waals surface area contributed by atoms with Crippen LogP contribution in [0.4, 0.5) is 5.69 Å². The molecule has 0 bridgehead atoms. The van der Waals surface area contributed by atoms with Gasteiger partial charge in [-0.3, -0.25) is 9.59 Å². The number of hydrogen-bond donors (Lipinski definition) is 2. The van der Waals surface area contributed by atoms with E-state index in [1.807, 2.05) is 19.1 Å². The van der Waals surface area contributed by atoms with Gasteiger partial charge in [0.1, 0.15) is 12.3 Å². The zero-order chi connectivity index (χ0) is 18.5. The summed E-state index contributed by atoms with van der Waals surface area (Å²) in [5, 5.41) is 6.13. The molecule has 1 aliphatic heterocycles. The molecule has 2 aromatic rings. The van der Waals surface area contributed by atoms with Crippen LogP contribution in [-0.4, -0.2) is 43.5 Å². The van der Waals surface area contributed by atoms with E-state index in [0.29, 0.717) is 22.9 Å². The second-order valence-corrected chi connectivity index (χ2v) is 7.22. The Kier molecular flexibility index (Phi) is 5.90. The lowest BCUT2D eigenvalue weighted by molar-refractivity contribution is -0.116. The van der Waals surface area contributed by atoms with Crippen LogP contribution in [-0.2, 0) is 17.8 Å². The number of rotatable bonds is 6. The molecule has 0 unspecified atom stereocenters. The van der Waals surface area contributed by atoms with Gasteiger partial charge in [0.2, 0.25) is 5.91 Å². The molecule has 0 saturated heterocycles. The van der Waals surface area contributed by atoms with Crippen LogP contribution in [0.1, 0.15) is 27.0 Å². The van der Waals surface area contributed by atoms with Crippen LogP contribution in [0, 0.1) is 0 Å². The predicted octanol–water partition coefficient (Wildman–Crippen LogP) is 2.50. The monoisotopic (exact) mass is 373 g/mol. The molecule has 2 heterocycles. The van der Waals surface area contributed by atoms with E-state index in [1.165, 1.54) is 10.4 Å². The third-order valence-corrected chi connectivity index (χ3v) is 5.53. The fraction of sp³-hybridized carbons (Fsp3) is 0.368. The first-order valence-corrected chi connectivity index (χ1v) is 9.48. The summed E-state index contributed by atoms with van der Waals surface area (Å²) in [6.45, 7) is 4.13. The van der Waals surface area contributed by atoms with E-state index >= 15 is 0 Å². The molecule has 0 fully saturated rings. The third kappa shape index (κ3) is 4.23. The Labute approximate surface area is 157 Å². The predicted molar refractivity (Wildman–Crippen MR) is 103 cm³/mol. The molecular formula is C19H23N3O3S. The average Bonchev–Trinajstić information content (AvgIpc) is 3.10. The summed E-state index contributed by atoms with van der Waals surface area (Å²) < 4.78 is 5.16. The van der Waals surface area contributed by atoms with Gasteiger partial charge in [0.15, 0.2) is 0 Å². The normalized spacial score (nSPS) is 13.0. The molecule has 0 saturated carbocycles. The van der Waals surface area contributed by atoms with Gasteiger partial charge in [0, 0.05) is 36.3 Å². The lowest BCUT2D eigenvalue weighted by Crippen LogP contribution is -2.37. The molecule has 0 spiro atoms. The molecule has 3 rings (SSSR count). The number of amides is 2. The van der Waals surface area contributed by atoms with Gasteiger partial charge in [-0.2, -0.15) is 0 Å². The maximum absolute atomic E-state index is 12.8. The summed E-state index contributed by atoms with van der Waals surface area (Å²) in [7, 11) is 1.58. The fourth-order valence-electron chi connectivity index (χ4n) is 2.92. The molecule has 1 aromatic carbocycles. The number of anilines is 1. The number of nitrogens with one attached hydrogen (secondary N) is 2. The van der Waals surface area contributed by atoms with Crippen molar-refractivity contribution in [3.8, 4) is 5.75 Å². The van der Waals surface area contributed by atoms with Crippen LogP contribution in [0.25, 0.3) is 0 Å². The highest BCUT2D eigenvalue weighted by Crippen LogP contribution is 2.26. The molecule has 2 amide bonds. The van der Waals surface area contributed by atoms with Crippen molar-refractivity contribution in [2.45, 2.75) is 19.9 Å². The van der Waals surface area contributed by atoms with Crippen molar-refractivity contribution >= 4 is 28.8 Å². The van der Waals surface area contributed by atoms with E-state index in [2.05, 4.69) is 10.6 Å². The van der Waals surface area contributed by atoms with E-state index in [-0.39, 0.29) is 18.4 Å². The number of nitrogens with zero attached hydrogens (tertiary/aromatic N) is 1. The highest BCUT2D eigenvalue weighted by Gasteiger charge is 2.22. The van der Waals surface area contributed by atoms with Crippen LogP contribution < -0.4 is 15.4 Å².